The van der Waals surface area contributed by atoms with Gasteiger partial charge in [0.15, 0.2) is 5.82 Å². The molecule has 21 heavy (non-hydrogen) atoms. The van der Waals surface area contributed by atoms with E-state index in [2.05, 4.69) is 9.51 Å². The number of aliphatic hydroxyl groups is 2. The van der Waals surface area contributed by atoms with Gasteiger partial charge in [0.25, 0.3) is 0 Å². The van der Waals surface area contributed by atoms with E-state index < -0.39 is 44.7 Å². The van der Waals surface area contributed by atoms with Crippen LogP contribution in [0.4, 0.5) is 5.82 Å². The van der Waals surface area contributed by atoms with Crippen LogP contribution in [0.25, 0.3) is 0 Å². The Morgan fingerprint density at radius 2 is 2.10 bits per heavy atom. The lowest BCUT2D eigenvalue weighted by atomic mass is 10.1. The smallest absolute Gasteiger partial charge is 0.387 e. The average Bonchev–Trinajstić information content (AvgIpc) is 2.64. The van der Waals surface area contributed by atoms with Crippen molar-refractivity contribution in [2.24, 2.45) is 0 Å². The summed E-state index contributed by atoms with van der Waals surface area (Å²) in [6.45, 7) is -0.646. The molecule has 0 spiro atoms. The minimum Gasteiger partial charge on any atom is -0.387 e. The largest absolute Gasteiger partial charge is 0.499 e. The van der Waals surface area contributed by atoms with Gasteiger partial charge in [-0.15, -0.1) is 0 Å². The van der Waals surface area contributed by atoms with Crippen molar-refractivity contribution in [1.29, 1.82) is 0 Å². The van der Waals surface area contributed by atoms with Gasteiger partial charge in [0, 0.05) is 6.07 Å². The molecule has 7 N–H and O–H groups in total. The predicted octanol–water partition coefficient (Wildman–Crippen LogP) is -3.03. The molecule has 1 aliphatic rings. The number of nitrogens with zero attached hydrogens (tertiary/aromatic N) is 1. The number of H-pyrrole nitrogens is 1. The molecule has 118 valence electrons. The predicted molar refractivity (Wildman–Crippen MR) is 65.6 cm³/mol. The second-order valence-corrected chi connectivity index (χ2v) is 5.68. The second kappa shape index (κ2) is 5.81. The molecule has 11 nitrogen and oxygen atoms in total. The summed E-state index contributed by atoms with van der Waals surface area (Å²) in [6.07, 6.45) is -4.16. The number of phosphoric ester groups is 1. The summed E-state index contributed by atoms with van der Waals surface area (Å²) in [5.41, 5.74) is 4.70. The molecule has 0 bridgehead atoms. The molecule has 4 unspecified atom stereocenters. The first-order chi connectivity index (χ1) is 9.69. The molecule has 12 heteroatoms. The molecule has 2 rings (SSSR count). The number of aromatic amines is 1. The van der Waals surface area contributed by atoms with Crippen molar-refractivity contribution in [3.05, 3.63) is 22.7 Å². The van der Waals surface area contributed by atoms with Crippen LogP contribution in [0.5, 0.6) is 0 Å². The Hall–Kier alpha value is -1.33. The van der Waals surface area contributed by atoms with Crippen molar-refractivity contribution in [2.45, 2.75) is 24.5 Å². The third-order valence-corrected chi connectivity index (χ3v) is 3.40. The van der Waals surface area contributed by atoms with Gasteiger partial charge in [-0.3, -0.25) is 4.52 Å². The van der Waals surface area contributed by atoms with Crippen molar-refractivity contribution in [2.75, 3.05) is 12.3 Å². The van der Waals surface area contributed by atoms with Crippen LogP contribution in [0.3, 0.4) is 0 Å². The maximum Gasteiger partial charge on any atom is 0.499 e. The van der Waals surface area contributed by atoms with Gasteiger partial charge in [-0.1, -0.05) is 0 Å². The maximum atomic E-state index is 11.7. The number of hydrogen-bond acceptors (Lipinski definition) is 7. The molecule has 2 heterocycles. The van der Waals surface area contributed by atoms with Crippen LogP contribution < -0.4 is 16.0 Å². The van der Waals surface area contributed by atoms with Crippen molar-refractivity contribution < 1.29 is 38.4 Å². The lowest BCUT2D eigenvalue weighted by Gasteiger charge is -2.14. The third kappa shape index (κ3) is 3.66. The molecule has 1 aromatic heterocycles. The van der Waals surface area contributed by atoms with Crippen molar-refractivity contribution in [3.8, 4) is 0 Å². The van der Waals surface area contributed by atoms with Crippen LogP contribution in [0.2, 0.25) is 0 Å². The van der Waals surface area contributed by atoms with E-state index in [4.69, 9.17) is 20.3 Å². The molecule has 1 saturated heterocycles. The van der Waals surface area contributed by atoms with Gasteiger partial charge >= 0.3 is 13.5 Å². The first-order valence-electron chi connectivity index (χ1n) is 5.80. The van der Waals surface area contributed by atoms with E-state index in [1.54, 1.807) is 0 Å². The fourth-order valence-electron chi connectivity index (χ4n) is 1.93. The fourth-order valence-corrected chi connectivity index (χ4v) is 2.27. The molecule has 1 fully saturated rings. The minimum absolute atomic E-state index is 0.102. The lowest BCUT2D eigenvalue weighted by molar-refractivity contribution is -0.779. The van der Waals surface area contributed by atoms with Gasteiger partial charge in [0.1, 0.15) is 24.5 Å². The Labute approximate surface area is 117 Å². The average molecular weight is 324 g/mol. The van der Waals surface area contributed by atoms with Crippen LogP contribution >= 0.6 is 7.82 Å². The number of hydrogen-bond donors (Lipinski definition) is 6. The fraction of sp³-hybridized carbons (Fsp3) is 0.556. The highest BCUT2D eigenvalue weighted by atomic mass is 31.2. The molecule has 0 aromatic carbocycles. The Bertz CT molecular complexity index is 615. The number of nitrogens with one attached hydrogen (secondary N) is 1. The SMILES string of the molecule is Nc1cc[n+](C2OC(COP(=O)(O)O)C(O)C2O)c(=O)[nH]1. The number of nitrogen functional groups attached to an aromatic ring is 1. The number of phosphoric acid groups is 1. The summed E-state index contributed by atoms with van der Waals surface area (Å²) in [5.74, 6) is 0.102. The van der Waals surface area contributed by atoms with E-state index in [9.17, 15) is 19.6 Å². The first-order valence-corrected chi connectivity index (χ1v) is 7.33. The topological polar surface area (TPSA) is 179 Å². The maximum absolute atomic E-state index is 11.7. The van der Waals surface area contributed by atoms with Gasteiger partial charge in [0.2, 0.25) is 6.23 Å². The van der Waals surface area contributed by atoms with Gasteiger partial charge in [-0.05, 0) is 0 Å². The number of aromatic nitrogens is 2. The van der Waals surface area contributed by atoms with Gasteiger partial charge < -0.3 is 30.5 Å². The van der Waals surface area contributed by atoms with E-state index in [1.165, 1.54) is 12.3 Å². The standard InChI is InChI=1S/C9H14N3O8P/c10-5-1-2-12(9(15)11-5)8-7(14)6(13)4(20-8)3-19-21(16,17)18/h1-2,4,6-8,13-14H,3H2,(H4,10,11,15,16,17,18)/p+1. The van der Waals surface area contributed by atoms with Crippen LogP contribution in [0, 0.1) is 0 Å². The Morgan fingerprint density at radius 1 is 1.43 bits per heavy atom. The summed E-state index contributed by atoms with van der Waals surface area (Å²) >= 11 is 0. The zero-order valence-electron chi connectivity index (χ0n) is 10.6. The van der Waals surface area contributed by atoms with E-state index >= 15 is 0 Å². The van der Waals surface area contributed by atoms with E-state index in [0.717, 1.165) is 4.57 Å². The quantitative estimate of drug-likeness (QED) is 0.248. The van der Waals surface area contributed by atoms with Gasteiger partial charge in [-0.25, -0.2) is 4.57 Å². The Balaban J connectivity index is 2.16. The number of aliphatic hydroxyl groups excluding tert-OH is 2. The Morgan fingerprint density at radius 3 is 2.67 bits per heavy atom. The van der Waals surface area contributed by atoms with E-state index in [1.807, 2.05) is 0 Å². The highest BCUT2D eigenvalue weighted by Crippen LogP contribution is 2.37. The highest BCUT2D eigenvalue weighted by molar-refractivity contribution is 7.46. The van der Waals surface area contributed by atoms with E-state index in [0.29, 0.717) is 0 Å². The van der Waals surface area contributed by atoms with Crippen molar-refractivity contribution >= 4 is 13.6 Å². The summed E-state index contributed by atoms with van der Waals surface area (Å²) in [7, 11) is -4.74. The van der Waals surface area contributed by atoms with Crippen LogP contribution in [-0.2, 0) is 13.8 Å². The van der Waals surface area contributed by atoms with Crippen LogP contribution in [0.15, 0.2) is 17.1 Å². The van der Waals surface area contributed by atoms with Crippen LogP contribution in [-0.4, -0.2) is 49.9 Å². The zero-order chi connectivity index (χ0) is 15.8. The third-order valence-electron chi connectivity index (χ3n) is 2.92. The molecule has 0 amide bonds. The first kappa shape index (κ1) is 16.0. The van der Waals surface area contributed by atoms with Crippen molar-refractivity contribution in [1.82, 2.24) is 4.98 Å². The van der Waals surface area contributed by atoms with Gasteiger partial charge in [0.05, 0.1) is 6.61 Å². The Kier molecular flexibility index (Phi) is 4.44. The summed E-state index contributed by atoms with van der Waals surface area (Å²) in [6, 6.07) is 1.35. The second-order valence-electron chi connectivity index (χ2n) is 4.44. The number of anilines is 1. The number of rotatable bonds is 4. The lowest BCUT2D eigenvalue weighted by Crippen LogP contribution is -2.58. The number of ether oxygens (including phenoxy) is 1. The molecule has 0 radical (unpaired) electrons. The number of nitrogens with two attached hydrogens (primary N) is 1. The van der Waals surface area contributed by atoms with Crippen LogP contribution in [0.1, 0.15) is 6.23 Å². The minimum atomic E-state index is -4.74. The monoisotopic (exact) mass is 324 g/mol. The zero-order valence-corrected chi connectivity index (χ0v) is 11.5. The summed E-state index contributed by atoms with van der Waals surface area (Å²) in [4.78, 5) is 31.2. The molecule has 1 aromatic rings. The van der Waals surface area contributed by atoms with Gasteiger partial charge in [-0.2, -0.15) is 14.3 Å². The van der Waals surface area contributed by atoms with Crippen molar-refractivity contribution in [3.63, 3.8) is 0 Å². The molecular weight excluding hydrogens is 309 g/mol. The molecular formula is C9H15N3O8P+. The molecule has 0 saturated carbocycles. The molecule has 1 aliphatic heterocycles. The summed E-state index contributed by atoms with van der Waals surface area (Å²) < 4.78 is 21.0. The highest BCUT2D eigenvalue weighted by Gasteiger charge is 2.47. The molecule has 4 atom stereocenters. The van der Waals surface area contributed by atoms with E-state index in [-0.39, 0.29) is 5.82 Å². The summed E-state index contributed by atoms with van der Waals surface area (Å²) in [5, 5.41) is 19.6. The molecule has 0 aliphatic carbocycles. The normalized spacial score (nSPS) is 29.7.